The van der Waals surface area contributed by atoms with E-state index in [1.54, 1.807) is 0 Å². The molecule has 4 nitrogen and oxygen atoms in total. The van der Waals surface area contributed by atoms with Crippen molar-refractivity contribution < 1.29 is 4.74 Å². The lowest BCUT2D eigenvalue weighted by Crippen LogP contribution is -2.46. The number of ether oxygens (including phenoxy) is 1. The maximum Gasteiger partial charge on any atom is 0.180 e. The first kappa shape index (κ1) is 11.8. The van der Waals surface area contributed by atoms with Crippen molar-refractivity contribution in [3.05, 3.63) is 11.1 Å². The third-order valence-corrected chi connectivity index (χ3v) is 3.60. The first-order valence-electron chi connectivity index (χ1n) is 5.82. The predicted octanol–water partition coefficient (Wildman–Crippen LogP) is 1.42. The fraction of sp³-hybridized carbons (Fsp3) is 0.727. The number of thiazole rings is 1. The summed E-state index contributed by atoms with van der Waals surface area (Å²) in [5.74, 6) is 0. The van der Waals surface area contributed by atoms with Gasteiger partial charge in [0.15, 0.2) is 5.13 Å². The van der Waals surface area contributed by atoms with E-state index in [-0.39, 0.29) is 0 Å². The van der Waals surface area contributed by atoms with Gasteiger partial charge in [-0.2, -0.15) is 0 Å². The lowest BCUT2D eigenvalue weighted by atomic mass is 9.89. The standard InChI is InChI=1S/C11H19N3OS/c1-2-15-10-5-9(6-10)13-4-3-8-7-16-11(12)14-8/h7,9-10,13H,2-6H2,1H3,(H2,12,14). The van der Waals surface area contributed by atoms with Crippen LogP contribution in [0.5, 0.6) is 0 Å². The number of nitrogen functional groups attached to an aromatic ring is 1. The summed E-state index contributed by atoms with van der Waals surface area (Å²) in [5, 5.41) is 6.20. The molecule has 0 spiro atoms. The zero-order valence-corrected chi connectivity index (χ0v) is 10.4. The Morgan fingerprint density at radius 3 is 3.06 bits per heavy atom. The second-order valence-electron chi connectivity index (χ2n) is 4.13. The fourth-order valence-electron chi connectivity index (χ4n) is 1.95. The van der Waals surface area contributed by atoms with E-state index in [0.717, 1.165) is 38.1 Å². The Labute approximate surface area is 100 Å². The van der Waals surface area contributed by atoms with Gasteiger partial charge in [-0.05, 0) is 19.8 Å². The van der Waals surface area contributed by atoms with Crippen molar-refractivity contribution in [2.75, 3.05) is 18.9 Å². The molecule has 0 saturated heterocycles. The van der Waals surface area contributed by atoms with Crippen LogP contribution in [0.2, 0.25) is 0 Å². The Morgan fingerprint density at radius 1 is 1.62 bits per heavy atom. The average Bonchev–Trinajstić information content (AvgIpc) is 2.60. The highest BCUT2D eigenvalue weighted by molar-refractivity contribution is 7.13. The van der Waals surface area contributed by atoms with E-state index in [1.165, 1.54) is 11.3 Å². The van der Waals surface area contributed by atoms with Gasteiger partial charge in [0.2, 0.25) is 0 Å². The molecule has 1 aromatic rings. The van der Waals surface area contributed by atoms with Crippen molar-refractivity contribution in [1.29, 1.82) is 0 Å². The third kappa shape index (κ3) is 3.17. The van der Waals surface area contributed by atoms with Gasteiger partial charge in [0, 0.05) is 31.0 Å². The van der Waals surface area contributed by atoms with E-state index >= 15 is 0 Å². The van der Waals surface area contributed by atoms with E-state index in [2.05, 4.69) is 10.3 Å². The Bertz CT molecular complexity index is 323. The molecule has 1 aliphatic carbocycles. The van der Waals surface area contributed by atoms with Crippen LogP contribution in [0.15, 0.2) is 5.38 Å². The van der Waals surface area contributed by atoms with Crippen molar-refractivity contribution in [2.24, 2.45) is 0 Å². The maximum atomic E-state index is 5.57. The molecule has 0 aliphatic heterocycles. The minimum absolute atomic E-state index is 0.484. The Kier molecular flexibility index (Phi) is 4.15. The van der Waals surface area contributed by atoms with Crippen LogP contribution in [0.1, 0.15) is 25.5 Å². The summed E-state index contributed by atoms with van der Waals surface area (Å²) >= 11 is 1.51. The minimum Gasteiger partial charge on any atom is -0.378 e. The summed E-state index contributed by atoms with van der Waals surface area (Å²) in [5.41, 5.74) is 6.66. The summed E-state index contributed by atoms with van der Waals surface area (Å²) in [6, 6.07) is 0.632. The molecule has 1 aliphatic rings. The number of nitrogens with zero attached hydrogens (tertiary/aromatic N) is 1. The smallest absolute Gasteiger partial charge is 0.180 e. The van der Waals surface area contributed by atoms with E-state index in [1.807, 2.05) is 12.3 Å². The summed E-state index contributed by atoms with van der Waals surface area (Å²) in [7, 11) is 0. The van der Waals surface area contributed by atoms with Crippen LogP contribution in [0, 0.1) is 0 Å². The van der Waals surface area contributed by atoms with Crippen LogP contribution in [-0.2, 0) is 11.2 Å². The molecular formula is C11H19N3OS. The lowest BCUT2D eigenvalue weighted by Gasteiger charge is -2.35. The van der Waals surface area contributed by atoms with E-state index < -0.39 is 0 Å². The summed E-state index contributed by atoms with van der Waals surface area (Å²) in [6.45, 7) is 3.86. The lowest BCUT2D eigenvalue weighted by molar-refractivity contribution is -0.00961. The van der Waals surface area contributed by atoms with Crippen molar-refractivity contribution in [3.63, 3.8) is 0 Å². The van der Waals surface area contributed by atoms with Crippen LogP contribution in [0.25, 0.3) is 0 Å². The Hall–Kier alpha value is -0.650. The second kappa shape index (κ2) is 5.61. The van der Waals surface area contributed by atoms with Gasteiger partial charge in [-0.15, -0.1) is 11.3 Å². The molecular weight excluding hydrogens is 222 g/mol. The van der Waals surface area contributed by atoms with Crippen molar-refractivity contribution in [1.82, 2.24) is 10.3 Å². The topological polar surface area (TPSA) is 60.2 Å². The van der Waals surface area contributed by atoms with Crippen LogP contribution in [0.3, 0.4) is 0 Å². The minimum atomic E-state index is 0.484. The molecule has 16 heavy (non-hydrogen) atoms. The monoisotopic (exact) mass is 241 g/mol. The highest BCUT2D eigenvalue weighted by Gasteiger charge is 2.28. The molecule has 5 heteroatoms. The number of hydrogen-bond acceptors (Lipinski definition) is 5. The number of aromatic nitrogens is 1. The fourth-order valence-corrected chi connectivity index (χ4v) is 2.54. The largest absolute Gasteiger partial charge is 0.378 e. The van der Waals surface area contributed by atoms with Gasteiger partial charge < -0.3 is 15.8 Å². The molecule has 2 rings (SSSR count). The van der Waals surface area contributed by atoms with E-state index in [9.17, 15) is 0 Å². The Morgan fingerprint density at radius 2 is 2.44 bits per heavy atom. The molecule has 1 aromatic heterocycles. The normalized spacial score (nSPS) is 24.3. The highest BCUT2D eigenvalue weighted by atomic mass is 32.1. The molecule has 0 unspecified atom stereocenters. The first-order chi connectivity index (χ1) is 7.78. The first-order valence-corrected chi connectivity index (χ1v) is 6.70. The zero-order valence-electron chi connectivity index (χ0n) is 9.61. The van der Waals surface area contributed by atoms with Crippen LogP contribution < -0.4 is 11.1 Å². The average molecular weight is 241 g/mol. The molecule has 90 valence electrons. The molecule has 1 fully saturated rings. The molecule has 0 bridgehead atoms. The Balaban J connectivity index is 1.56. The van der Waals surface area contributed by atoms with E-state index in [0.29, 0.717) is 17.3 Å². The SMILES string of the molecule is CCOC1CC(NCCc2csc(N)n2)C1. The molecule has 3 N–H and O–H groups in total. The van der Waals surface area contributed by atoms with Crippen LogP contribution >= 0.6 is 11.3 Å². The molecule has 0 aromatic carbocycles. The van der Waals surface area contributed by atoms with E-state index in [4.69, 9.17) is 10.5 Å². The second-order valence-corrected chi connectivity index (χ2v) is 5.02. The van der Waals surface area contributed by atoms with Gasteiger partial charge in [-0.3, -0.25) is 0 Å². The van der Waals surface area contributed by atoms with Gasteiger partial charge in [0.1, 0.15) is 0 Å². The van der Waals surface area contributed by atoms with Gasteiger partial charge in [-0.1, -0.05) is 0 Å². The zero-order chi connectivity index (χ0) is 11.4. The predicted molar refractivity (Wildman–Crippen MR) is 66.7 cm³/mol. The molecule has 0 atom stereocenters. The quantitative estimate of drug-likeness (QED) is 0.791. The van der Waals surface area contributed by atoms with Crippen molar-refractivity contribution >= 4 is 16.5 Å². The van der Waals surface area contributed by atoms with Crippen LogP contribution in [-0.4, -0.2) is 30.3 Å². The van der Waals surface area contributed by atoms with Gasteiger partial charge in [-0.25, -0.2) is 4.98 Å². The summed E-state index contributed by atoms with van der Waals surface area (Å²) in [6.07, 6.45) is 3.74. The molecule has 0 radical (unpaired) electrons. The molecule has 0 amide bonds. The number of rotatable bonds is 6. The number of nitrogens with two attached hydrogens (primary N) is 1. The molecule has 1 saturated carbocycles. The number of nitrogens with one attached hydrogen (secondary N) is 1. The number of anilines is 1. The number of hydrogen-bond donors (Lipinski definition) is 2. The third-order valence-electron chi connectivity index (χ3n) is 2.88. The van der Waals surface area contributed by atoms with Crippen molar-refractivity contribution in [2.45, 2.75) is 38.3 Å². The van der Waals surface area contributed by atoms with Gasteiger partial charge >= 0.3 is 0 Å². The van der Waals surface area contributed by atoms with Crippen LogP contribution in [0.4, 0.5) is 5.13 Å². The maximum absolute atomic E-state index is 5.57. The van der Waals surface area contributed by atoms with Gasteiger partial charge in [0.25, 0.3) is 0 Å². The molecule has 1 heterocycles. The summed E-state index contributed by atoms with van der Waals surface area (Å²) in [4.78, 5) is 4.23. The highest BCUT2D eigenvalue weighted by Crippen LogP contribution is 2.23. The van der Waals surface area contributed by atoms with Crippen molar-refractivity contribution in [3.8, 4) is 0 Å². The van der Waals surface area contributed by atoms with Gasteiger partial charge in [0.05, 0.1) is 11.8 Å². The summed E-state index contributed by atoms with van der Waals surface area (Å²) < 4.78 is 5.51.